The van der Waals surface area contributed by atoms with Crippen molar-refractivity contribution >= 4 is 5.91 Å². The molecule has 8 heteroatoms. The number of hydrogen-bond acceptors (Lipinski definition) is 6. The van der Waals surface area contributed by atoms with Gasteiger partial charge in [-0.2, -0.15) is 5.10 Å². The van der Waals surface area contributed by atoms with Crippen LogP contribution in [0.15, 0.2) is 29.1 Å². The average Bonchev–Trinajstić information content (AvgIpc) is 3.03. The van der Waals surface area contributed by atoms with Gasteiger partial charge in [-0.15, -0.1) is 0 Å². The minimum absolute atomic E-state index is 0.0723. The Kier molecular flexibility index (Phi) is 6.74. The van der Waals surface area contributed by atoms with Gasteiger partial charge in [0.05, 0.1) is 27.0 Å². The molecular weight excluding hydrogens is 374 g/mol. The summed E-state index contributed by atoms with van der Waals surface area (Å²) in [5.41, 5.74) is 0.910. The largest absolute Gasteiger partial charge is 0.493 e. The van der Waals surface area contributed by atoms with E-state index in [1.54, 1.807) is 18.2 Å². The van der Waals surface area contributed by atoms with Crippen molar-refractivity contribution in [3.8, 4) is 28.5 Å². The van der Waals surface area contributed by atoms with Crippen molar-refractivity contribution in [3.63, 3.8) is 0 Å². The molecule has 0 bridgehead atoms. The van der Waals surface area contributed by atoms with Crippen molar-refractivity contribution < 1.29 is 19.0 Å². The molecule has 0 spiro atoms. The molecule has 0 atom stereocenters. The molecule has 8 nitrogen and oxygen atoms in total. The summed E-state index contributed by atoms with van der Waals surface area (Å²) in [7, 11) is 4.61. The topological polar surface area (TPSA) is 82.9 Å². The molecule has 1 aliphatic heterocycles. The summed E-state index contributed by atoms with van der Waals surface area (Å²) in [6, 6.07) is 6.56. The molecule has 0 N–H and O–H groups in total. The number of rotatable bonds is 6. The minimum atomic E-state index is -0.315. The molecule has 1 aromatic heterocycles. The normalized spacial score (nSPS) is 14.2. The van der Waals surface area contributed by atoms with Crippen LogP contribution in [0.3, 0.4) is 0 Å². The molecule has 156 valence electrons. The fraction of sp³-hybridized carbons (Fsp3) is 0.476. The van der Waals surface area contributed by atoms with E-state index in [4.69, 9.17) is 14.2 Å². The van der Waals surface area contributed by atoms with Gasteiger partial charge in [-0.3, -0.25) is 9.59 Å². The smallest absolute Gasteiger partial charge is 0.267 e. The fourth-order valence-corrected chi connectivity index (χ4v) is 3.49. The van der Waals surface area contributed by atoms with Crippen LogP contribution in [-0.4, -0.2) is 55.0 Å². The van der Waals surface area contributed by atoms with E-state index in [1.165, 1.54) is 32.1 Å². The summed E-state index contributed by atoms with van der Waals surface area (Å²) in [6.07, 6.45) is 4.27. The standard InChI is InChI=1S/C21H27N3O5/c1-27-17-12-15(13-18(28-2)21(17)29-3)16-8-9-19(25)24(22-16)14-20(26)23-10-6-4-5-7-11-23/h8-9,12-13H,4-7,10-11,14H2,1-3H3. The Bertz CT molecular complexity index is 892. The first-order chi connectivity index (χ1) is 14.1. The van der Waals surface area contributed by atoms with Gasteiger partial charge in [-0.05, 0) is 31.0 Å². The quantitative estimate of drug-likeness (QED) is 0.739. The maximum Gasteiger partial charge on any atom is 0.267 e. The van der Waals surface area contributed by atoms with Crippen LogP contribution in [0.1, 0.15) is 25.7 Å². The van der Waals surface area contributed by atoms with Crippen LogP contribution < -0.4 is 19.8 Å². The van der Waals surface area contributed by atoms with Gasteiger partial charge >= 0.3 is 0 Å². The molecule has 1 aliphatic rings. The second-order valence-corrected chi connectivity index (χ2v) is 6.92. The number of nitrogens with zero attached hydrogens (tertiary/aromatic N) is 3. The van der Waals surface area contributed by atoms with Crippen molar-refractivity contribution in [3.05, 3.63) is 34.6 Å². The van der Waals surface area contributed by atoms with Gasteiger partial charge < -0.3 is 19.1 Å². The predicted molar refractivity (Wildman–Crippen MR) is 109 cm³/mol. The lowest BCUT2D eigenvalue weighted by molar-refractivity contribution is -0.132. The molecule has 1 aromatic carbocycles. The number of likely N-dealkylation sites (tertiary alicyclic amines) is 1. The van der Waals surface area contributed by atoms with Crippen molar-refractivity contribution in [2.45, 2.75) is 32.2 Å². The Morgan fingerprint density at radius 3 is 2.14 bits per heavy atom. The molecule has 0 saturated carbocycles. The maximum atomic E-state index is 12.7. The van der Waals surface area contributed by atoms with E-state index in [2.05, 4.69) is 5.10 Å². The SMILES string of the molecule is COc1cc(-c2ccc(=O)n(CC(=O)N3CCCCCC3)n2)cc(OC)c1OC. The van der Waals surface area contributed by atoms with Crippen molar-refractivity contribution in [2.75, 3.05) is 34.4 Å². The van der Waals surface area contributed by atoms with E-state index >= 15 is 0 Å². The average molecular weight is 401 g/mol. The number of aromatic nitrogens is 2. The molecule has 2 aromatic rings. The summed E-state index contributed by atoms with van der Waals surface area (Å²) >= 11 is 0. The number of carbonyl (C=O) groups excluding carboxylic acids is 1. The summed E-state index contributed by atoms with van der Waals surface area (Å²) in [4.78, 5) is 26.8. The van der Waals surface area contributed by atoms with Crippen LogP contribution in [-0.2, 0) is 11.3 Å². The van der Waals surface area contributed by atoms with Crippen LogP contribution in [0.25, 0.3) is 11.3 Å². The third kappa shape index (κ3) is 4.70. The van der Waals surface area contributed by atoms with Gasteiger partial charge in [-0.25, -0.2) is 4.68 Å². The van der Waals surface area contributed by atoms with Gasteiger partial charge in [-0.1, -0.05) is 12.8 Å². The Morgan fingerprint density at radius 1 is 0.966 bits per heavy atom. The van der Waals surface area contributed by atoms with Crippen molar-refractivity contribution in [1.29, 1.82) is 0 Å². The van der Waals surface area contributed by atoms with Crippen molar-refractivity contribution in [2.24, 2.45) is 0 Å². The summed E-state index contributed by atoms with van der Waals surface area (Å²) < 4.78 is 17.3. The maximum absolute atomic E-state index is 12.7. The summed E-state index contributed by atoms with van der Waals surface area (Å²) in [5.74, 6) is 1.37. The first-order valence-corrected chi connectivity index (χ1v) is 9.73. The summed E-state index contributed by atoms with van der Waals surface area (Å²) in [6.45, 7) is 1.40. The molecule has 0 aliphatic carbocycles. The zero-order chi connectivity index (χ0) is 20.8. The van der Waals surface area contributed by atoms with E-state index in [0.717, 1.165) is 38.8 Å². The van der Waals surface area contributed by atoms with Gasteiger partial charge in [0, 0.05) is 24.7 Å². The van der Waals surface area contributed by atoms with Crippen LogP contribution in [0.2, 0.25) is 0 Å². The molecule has 0 unspecified atom stereocenters. The molecule has 2 heterocycles. The summed E-state index contributed by atoms with van der Waals surface area (Å²) in [5, 5.41) is 4.41. The third-order valence-corrected chi connectivity index (χ3v) is 5.07. The number of ether oxygens (including phenoxy) is 3. The second-order valence-electron chi connectivity index (χ2n) is 6.92. The highest BCUT2D eigenvalue weighted by Gasteiger charge is 2.18. The molecule has 1 amide bonds. The Morgan fingerprint density at radius 2 is 1.59 bits per heavy atom. The van der Waals surface area contributed by atoms with Crippen LogP contribution in [0, 0.1) is 0 Å². The van der Waals surface area contributed by atoms with E-state index in [0.29, 0.717) is 28.5 Å². The number of benzene rings is 1. The van der Waals surface area contributed by atoms with Crippen LogP contribution >= 0.6 is 0 Å². The van der Waals surface area contributed by atoms with Gasteiger partial charge in [0.15, 0.2) is 11.5 Å². The predicted octanol–water partition coefficient (Wildman–Crippen LogP) is 2.34. The number of hydrogen-bond donors (Lipinski definition) is 0. The minimum Gasteiger partial charge on any atom is -0.493 e. The monoisotopic (exact) mass is 401 g/mol. The Balaban J connectivity index is 1.91. The Hall–Kier alpha value is -3.03. The van der Waals surface area contributed by atoms with Gasteiger partial charge in [0.25, 0.3) is 5.56 Å². The number of amides is 1. The van der Waals surface area contributed by atoms with Crippen LogP contribution in [0.5, 0.6) is 17.2 Å². The van der Waals surface area contributed by atoms with E-state index in [1.807, 2.05) is 4.90 Å². The molecule has 0 radical (unpaired) electrons. The van der Waals surface area contributed by atoms with Gasteiger partial charge in [0.1, 0.15) is 6.54 Å². The molecular formula is C21H27N3O5. The van der Waals surface area contributed by atoms with Crippen LogP contribution in [0.4, 0.5) is 0 Å². The lowest BCUT2D eigenvalue weighted by Gasteiger charge is -2.20. The molecule has 3 rings (SSSR count). The first-order valence-electron chi connectivity index (χ1n) is 9.73. The van der Waals surface area contributed by atoms with E-state index in [-0.39, 0.29) is 18.0 Å². The lowest BCUT2D eigenvalue weighted by atomic mass is 10.1. The lowest BCUT2D eigenvalue weighted by Crippen LogP contribution is -2.37. The van der Waals surface area contributed by atoms with E-state index in [9.17, 15) is 9.59 Å². The number of methoxy groups -OCH3 is 3. The highest BCUT2D eigenvalue weighted by Crippen LogP contribution is 2.40. The highest BCUT2D eigenvalue weighted by atomic mass is 16.5. The van der Waals surface area contributed by atoms with Crippen molar-refractivity contribution in [1.82, 2.24) is 14.7 Å². The second kappa shape index (κ2) is 9.45. The molecule has 29 heavy (non-hydrogen) atoms. The zero-order valence-electron chi connectivity index (χ0n) is 17.1. The molecule has 1 saturated heterocycles. The highest BCUT2D eigenvalue weighted by molar-refractivity contribution is 5.76. The third-order valence-electron chi connectivity index (χ3n) is 5.07. The number of carbonyl (C=O) groups is 1. The molecule has 1 fully saturated rings. The fourth-order valence-electron chi connectivity index (χ4n) is 3.49. The van der Waals surface area contributed by atoms with Gasteiger partial charge in [0.2, 0.25) is 11.7 Å². The first kappa shape index (κ1) is 20.7. The van der Waals surface area contributed by atoms with E-state index < -0.39 is 0 Å². The Labute approximate surface area is 170 Å². The zero-order valence-corrected chi connectivity index (χ0v) is 17.1.